The quantitative estimate of drug-likeness (QED) is 0.461. The van der Waals surface area contributed by atoms with E-state index in [-0.39, 0.29) is 11.9 Å². The van der Waals surface area contributed by atoms with Gasteiger partial charge in [-0.05, 0) is 7.05 Å². The van der Waals surface area contributed by atoms with E-state index in [0.29, 0.717) is 5.75 Å². The number of thiol groups is 1. The fourth-order valence-corrected chi connectivity index (χ4v) is 0.828. The first-order valence-corrected chi connectivity index (χ1v) is 3.39. The SMILES string of the molecule is CNC(=O)[C@@H](CS)NC. The molecule has 0 aromatic heterocycles. The summed E-state index contributed by atoms with van der Waals surface area (Å²) < 4.78 is 0. The lowest BCUT2D eigenvalue weighted by atomic mass is 10.3. The van der Waals surface area contributed by atoms with Gasteiger partial charge in [0.1, 0.15) is 0 Å². The van der Waals surface area contributed by atoms with Crippen molar-refractivity contribution in [2.75, 3.05) is 19.8 Å². The Morgan fingerprint density at radius 1 is 1.67 bits per heavy atom. The van der Waals surface area contributed by atoms with Crippen molar-refractivity contribution in [1.82, 2.24) is 10.6 Å². The largest absolute Gasteiger partial charge is 0.358 e. The van der Waals surface area contributed by atoms with Crippen LogP contribution in [0.5, 0.6) is 0 Å². The summed E-state index contributed by atoms with van der Waals surface area (Å²) in [5, 5.41) is 5.33. The molecule has 54 valence electrons. The summed E-state index contributed by atoms with van der Waals surface area (Å²) in [5.41, 5.74) is 0. The third-order valence-electron chi connectivity index (χ3n) is 1.09. The Bertz CT molecular complexity index is 93.0. The fourth-order valence-electron chi connectivity index (χ4n) is 0.480. The fraction of sp³-hybridized carbons (Fsp3) is 0.800. The Morgan fingerprint density at radius 3 is 2.33 bits per heavy atom. The van der Waals surface area contributed by atoms with Gasteiger partial charge < -0.3 is 10.6 Å². The van der Waals surface area contributed by atoms with Gasteiger partial charge in [-0.3, -0.25) is 4.79 Å². The molecule has 0 aliphatic carbocycles. The molecule has 0 aromatic carbocycles. The lowest BCUT2D eigenvalue weighted by Gasteiger charge is -2.09. The molecule has 0 heterocycles. The Hall–Kier alpha value is -0.220. The summed E-state index contributed by atoms with van der Waals surface area (Å²) >= 11 is 3.97. The average Bonchev–Trinajstić information content (AvgIpc) is 1.90. The van der Waals surface area contributed by atoms with Crippen LogP contribution in [-0.2, 0) is 4.79 Å². The van der Waals surface area contributed by atoms with Gasteiger partial charge >= 0.3 is 0 Å². The summed E-state index contributed by atoms with van der Waals surface area (Å²) in [6, 6.07) is -0.168. The Labute approximate surface area is 60.6 Å². The molecule has 0 radical (unpaired) electrons. The van der Waals surface area contributed by atoms with Gasteiger partial charge in [0.05, 0.1) is 6.04 Å². The number of rotatable bonds is 3. The van der Waals surface area contributed by atoms with E-state index in [4.69, 9.17) is 0 Å². The van der Waals surface area contributed by atoms with Gasteiger partial charge in [-0.15, -0.1) is 0 Å². The average molecular weight is 148 g/mol. The molecule has 0 spiro atoms. The molecule has 0 aliphatic rings. The van der Waals surface area contributed by atoms with E-state index in [1.165, 1.54) is 0 Å². The highest BCUT2D eigenvalue weighted by molar-refractivity contribution is 7.80. The zero-order chi connectivity index (χ0) is 7.28. The van der Waals surface area contributed by atoms with Crippen LogP contribution >= 0.6 is 12.6 Å². The lowest BCUT2D eigenvalue weighted by Crippen LogP contribution is -2.42. The summed E-state index contributed by atoms with van der Waals surface area (Å²) in [4.78, 5) is 10.8. The molecule has 0 aromatic rings. The van der Waals surface area contributed by atoms with Crippen LogP contribution in [0, 0.1) is 0 Å². The Balaban J connectivity index is 3.64. The number of carbonyl (C=O) groups excluding carboxylic acids is 1. The number of hydrogen-bond donors (Lipinski definition) is 3. The lowest BCUT2D eigenvalue weighted by molar-refractivity contribution is -0.121. The number of nitrogens with one attached hydrogen (secondary N) is 2. The van der Waals surface area contributed by atoms with Crippen molar-refractivity contribution >= 4 is 18.5 Å². The maximum atomic E-state index is 10.8. The van der Waals surface area contributed by atoms with Crippen LogP contribution in [0.25, 0.3) is 0 Å². The molecule has 0 saturated heterocycles. The minimum Gasteiger partial charge on any atom is -0.358 e. The van der Waals surface area contributed by atoms with Crippen molar-refractivity contribution < 1.29 is 4.79 Å². The molecule has 0 aliphatic heterocycles. The van der Waals surface area contributed by atoms with Gasteiger partial charge in [0.15, 0.2) is 0 Å². The number of likely N-dealkylation sites (N-methyl/N-ethyl adjacent to an activating group) is 2. The number of amides is 1. The molecule has 0 unspecified atom stereocenters. The van der Waals surface area contributed by atoms with Gasteiger partial charge in [0.25, 0.3) is 0 Å². The van der Waals surface area contributed by atoms with Crippen molar-refractivity contribution in [3.05, 3.63) is 0 Å². The maximum absolute atomic E-state index is 10.8. The minimum absolute atomic E-state index is 0.0208. The molecular weight excluding hydrogens is 136 g/mol. The van der Waals surface area contributed by atoms with Crippen LogP contribution in [0.1, 0.15) is 0 Å². The van der Waals surface area contributed by atoms with Crippen LogP contribution in [0.15, 0.2) is 0 Å². The van der Waals surface area contributed by atoms with Gasteiger partial charge in [-0.25, -0.2) is 0 Å². The zero-order valence-electron chi connectivity index (χ0n) is 5.64. The van der Waals surface area contributed by atoms with Crippen molar-refractivity contribution in [3.8, 4) is 0 Å². The highest BCUT2D eigenvalue weighted by atomic mass is 32.1. The zero-order valence-corrected chi connectivity index (χ0v) is 6.53. The van der Waals surface area contributed by atoms with E-state index in [0.717, 1.165) is 0 Å². The van der Waals surface area contributed by atoms with Gasteiger partial charge in [0, 0.05) is 12.8 Å². The molecule has 0 saturated carbocycles. The number of carbonyl (C=O) groups is 1. The first-order valence-electron chi connectivity index (χ1n) is 2.76. The summed E-state index contributed by atoms with van der Waals surface area (Å²) in [7, 11) is 3.34. The molecule has 2 N–H and O–H groups in total. The van der Waals surface area contributed by atoms with Crippen LogP contribution < -0.4 is 10.6 Å². The van der Waals surface area contributed by atoms with E-state index in [9.17, 15) is 4.79 Å². The second-order valence-corrected chi connectivity index (χ2v) is 2.00. The first-order chi connectivity index (χ1) is 4.26. The molecule has 1 amide bonds. The predicted octanol–water partition coefficient (Wildman–Crippen LogP) is -0.750. The van der Waals surface area contributed by atoms with Crippen molar-refractivity contribution in [2.24, 2.45) is 0 Å². The van der Waals surface area contributed by atoms with E-state index in [1.54, 1.807) is 14.1 Å². The second-order valence-electron chi connectivity index (χ2n) is 1.64. The van der Waals surface area contributed by atoms with Crippen molar-refractivity contribution in [1.29, 1.82) is 0 Å². The van der Waals surface area contributed by atoms with E-state index in [1.807, 2.05) is 0 Å². The molecule has 0 fully saturated rings. The van der Waals surface area contributed by atoms with Crippen LogP contribution in [-0.4, -0.2) is 31.8 Å². The summed E-state index contributed by atoms with van der Waals surface area (Å²) in [6.07, 6.45) is 0. The Morgan fingerprint density at radius 2 is 2.22 bits per heavy atom. The third-order valence-corrected chi connectivity index (χ3v) is 1.46. The predicted molar refractivity (Wildman–Crippen MR) is 40.8 cm³/mol. The van der Waals surface area contributed by atoms with Crippen molar-refractivity contribution in [3.63, 3.8) is 0 Å². The molecule has 3 nitrogen and oxygen atoms in total. The normalized spacial score (nSPS) is 12.8. The minimum atomic E-state index is -0.168. The smallest absolute Gasteiger partial charge is 0.237 e. The summed E-state index contributed by atoms with van der Waals surface area (Å²) in [6.45, 7) is 0. The first kappa shape index (κ1) is 8.78. The molecular formula is C5H12N2OS. The van der Waals surface area contributed by atoms with Crippen LogP contribution in [0.2, 0.25) is 0 Å². The summed E-state index contributed by atoms with van der Waals surface area (Å²) in [5.74, 6) is 0.503. The van der Waals surface area contributed by atoms with E-state index >= 15 is 0 Å². The van der Waals surface area contributed by atoms with Gasteiger partial charge in [-0.2, -0.15) is 12.6 Å². The standard InChI is InChI=1S/C5H12N2OS/c1-6-4(3-9)5(8)7-2/h4,6,9H,3H2,1-2H3,(H,7,8)/t4-/m1/s1. The van der Waals surface area contributed by atoms with Crippen LogP contribution in [0.4, 0.5) is 0 Å². The Kier molecular flexibility index (Phi) is 4.53. The highest BCUT2D eigenvalue weighted by Crippen LogP contribution is 1.84. The van der Waals surface area contributed by atoms with E-state index < -0.39 is 0 Å². The third kappa shape index (κ3) is 2.72. The maximum Gasteiger partial charge on any atom is 0.237 e. The van der Waals surface area contributed by atoms with E-state index in [2.05, 4.69) is 23.3 Å². The van der Waals surface area contributed by atoms with Crippen LogP contribution in [0.3, 0.4) is 0 Å². The second kappa shape index (κ2) is 4.64. The molecule has 4 heteroatoms. The topological polar surface area (TPSA) is 41.1 Å². The number of hydrogen-bond acceptors (Lipinski definition) is 3. The van der Waals surface area contributed by atoms with Gasteiger partial charge in [0.2, 0.25) is 5.91 Å². The van der Waals surface area contributed by atoms with Crippen molar-refractivity contribution in [2.45, 2.75) is 6.04 Å². The molecule has 0 bridgehead atoms. The molecule has 9 heavy (non-hydrogen) atoms. The van der Waals surface area contributed by atoms with Gasteiger partial charge in [-0.1, -0.05) is 0 Å². The molecule has 1 atom stereocenters. The molecule has 0 rings (SSSR count). The highest BCUT2D eigenvalue weighted by Gasteiger charge is 2.10. The monoisotopic (exact) mass is 148 g/mol.